The fraction of sp³-hybridized carbons (Fsp3) is 0.778. The third-order valence-corrected chi connectivity index (χ3v) is 3.36. The third kappa shape index (κ3) is 2.21. The highest BCUT2D eigenvalue weighted by Gasteiger charge is 2.29. The standard InChI is InChI=1S/C9H17N5S/c1-6(13(2)7-3-4-7)5-14-8(10)11-12-9(14)15/h6-7H,3-5H2,1-2H3,(H2,10,11)(H,12,15). The summed E-state index contributed by atoms with van der Waals surface area (Å²) in [5, 5.41) is 6.59. The Bertz CT molecular complexity index is 391. The zero-order chi connectivity index (χ0) is 11.0. The van der Waals surface area contributed by atoms with Crippen molar-refractivity contribution in [3.63, 3.8) is 0 Å². The summed E-state index contributed by atoms with van der Waals surface area (Å²) in [7, 11) is 2.15. The molecule has 1 heterocycles. The summed E-state index contributed by atoms with van der Waals surface area (Å²) in [6.07, 6.45) is 2.63. The highest BCUT2D eigenvalue weighted by molar-refractivity contribution is 7.71. The average Bonchev–Trinajstić information content (AvgIpc) is 3.00. The molecule has 0 aromatic carbocycles. The fourth-order valence-corrected chi connectivity index (χ4v) is 1.95. The highest BCUT2D eigenvalue weighted by Crippen LogP contribution is 2.27. The lowest BCUT2D eigenvalue weighted by Gasteiger charge is -2.24. The lowest BCUT2D eigenvalue weighted by atomic mass is 10.3. The van der Waals surface area contributed by atoms with Gasteiger partial charge in [0, 0.05) is 18.6 Å². The minimum absolute atomic E-state index is 0.434. The predicted octanol–water partition coefficient (Wildman–Crippen LogP) is 1.01. The average molecular weight is 227 g/mol. The molecule has 1 unspecified atom stereocenters. The Balaban J connectivity index is 2.04. The number of H-pyrrole nitrogens is 1. The van der Waals surface area contributed by atoms with Crippen molar-refractivity contribution in [2.24, 2.45) is 0 Å². The number of nitrogen functional groups attached to an aromatic ring is 1. The number of aromatic nitrogens is 3. The Morgan fingerprint density at radius 2 is 2.40 bits per heavy atom. The van der Waals surface area contributed by atoms with E-state index in [9.17, 15) is 0 Å². The van der Waals surface area contributed by atoms with E-state index in [0.717, 1.165) is 12.6 Å². The number of nitrogens with two attached hydrogens (primary N) is 1. The van der Waals surface area contributed by atoms with Crippen molar-refractivity contribution in [2.75, 3.05) is 12.8 Å². The predicted molar refractivity (Wildman–Crippen MR) is 62.1 cm³/mol. The van der Waals surface area contributed by atoms with Crippen LogP contribution in [0.25, 0.3) is 0 Å². The summed E-state index contributed by atoms with van der Waals surface area (Å²) in [4.78, 5) is 2.38. The zero-order valence-electron chi connectivity index (χ0n) is 9.10. The van der Waals surface area contributed by atoms with Crippen molar-refractivity contribution < 1.29 is 0 Å². The van der Waals surface area contributed by atoms with Gasteiger partial charge in [-0.1, -0.05) is 0 Å². The Labute approximate surface area is 94.3 Å². The topological polar surface area (TPSA) is 62.9 Å². The van der Waals surface area contributed by atoms with Gasteiger partial charge in [-0.25, -0.2) is 5.10 Å². The first-order valence-corrected chi connectivity index (χ1v) is 5.63. The second-order valence-electron chi connectivity index (χ2n) is 4.24. The van der Waals surface area contributed by atoms with Gasteiger partial charge in [0.1, 0.15) is 0 Å². The molecule has 6 heteroatoms. The first-order chi connectivity index (χ1) is 7.09. The maximum absolute atomic E-state index is 5.72. The number of nitrogens with zero attached hydrogens (tertiary/aromatic N) is 3. The van der Waals surface area contributed by atoms with E-state index in [1.165, 1.54) is 12.8 Å². The van der Waals surface area contributed by atoms with E-state index < -0.39 is 0 Å². The SMILES string of the molecule is CC(Cn1c(N)n[nH]c1=S)N(C)C1CC1. The van der Waals surface area contributed by atoms with Crippen LogP contribution in [0.5, 0.6) is 0 Å². The first-order valence-electron chi connectivity index (χ1n) is 5.22. The second kappa shape index (κ2) is 3.94. The van der Waals surface area contributed by atoms with E-state index in [0.29, 0.717) is 16.8 Å². The molecule has 0 bridgehead atoms. The van der Waals surface area contributed by atoms with Crippen LogP contribution < -0.4 is 5.73 Å². The van der Waals surface area contributed by atoms with Crippen LogP contribution in [0, 0.1) is 4.77 Å². The zero-order valence-corrected chi connectivity index (χ0v) is 9.92. The van der Waals surface area contributed by atoms with Gasteiger partial charge in [-0.2, -0.15) is 0 Å². The van der Waals surface area contributed by atoms with Gasteiger partial charge in [0.05, 0.1) is 0 Å². The van der Waals surface area contributed by atoms with E-state index in [2.05, 4.69) is 29.1 Å². The Kier molecular flexibility index (Phi) is 2.79. The molecule has 1 atom stereocenters. The van der Waals surface area contributed by atoms with Crippen LogP contribution in [0.4, 0.5) is 5.95 Å². The summed E-state index contributed by atoms with van der Waals surface area (Å²) in [5.41, 5.74) is 5.72. The van der Waals surface area contributed by atoms with Crippen molar-refractivity contribution in [3.05, 3.63) is 4.77 Å². The molecule has 0 radical (unpaired) electrons. The third-order valence-electron chi connectivity index (χ3n) is 3.05. The minimum Gasteiger partial charge on any atom is -0.368 e. The van der Waals surface area contributed by atoms with Gasteiger partial charge in [-0.05, 0) is 39.0 Å². The molecule has 1 aromatic heterocycles. The maximum atomic E-state index is 5.72. The van der Waals surface area contributed by atoms with Crippen LogP contribution in [0.3, 0.4) is 0 Å². The number of hydrogen-bond acceptors (Lipinski definition) is 4. The van der Waals surface area contributed by atoms with Crippen LogP contribution in [0.2, 0.25) is 0 Å². The fourth-order valence-electron chi connectivity index (χ4n) is 1.74. The number of likely N-dealkylation sites (N-methyl/N-ethyl adjacent to an activating group) is 1. The number of hydrogen-bond donors (Lipinski definition) is 2. The van der Waals surface area contributed by atoms with Crippen LogP contribution in [-0.4, -0.2) is 38.8 Å². The van der Waals surface area contributed by atoms with Crippen LogP contribution in [-0.2, 0) is 6.54 Å². The van der Waals surface area contributed by atoms with Gasteiger partial charge in [0.15, 0.2) is 4.77 Å². The van der Waals surface area contributed by atoms with Crippen LogP contribution >= 0.6 is 12.2 Å². The number of aromatic amines is 1. The van der Waals surface area contributed by atoms with Gasteiger partial charge >= 0.3 is 0 Å². The second-order valence-corrected chi connectivity index (χ2v) is 4.63. The summed E-state index contributed by atoms with van der Waals surface area (Å²) in [6.45, 7) is 2.99. The van der Waals surface area contributed by atoms with E-state index in [1.807, 2.05) is 4.57 Å². The molecule has 5 nitrogen and oxygen atoms in total. The van der Waals surface area contributed by atoms with E-state index >= 15 is 0 Å². The van der Waals surface area contributed by atoms with E-state index in [1.54, 1.807) is 0 Å². The lowest BCUT2D eigenvalue weighted by molar-refractivity contribution is 0.226. The molecule has 1 aliphatic carbocycles. The summed E-state index contributed by atoms with van der Waals surface area (Å²) < 4.78 is 2.45. The monoisotopic (exact) mass is 227 g/mol. The number of rotatable bonds is 4. The van der Waals surface area contributed by atoms with Crippen molar-refractivity contribution in [3.8, 4) is 0 Å². The van der Waals surface area contributed by atoms with Crippen molar-refractivity contribution in [2.45, 2.75) is 38.4 Å². The molecule has 15 heavy (non-hydrogen) atoms. The number of nitrogens with one attached hydrogen (secondary N) is 1. The van der Waals surface area contributed by atoms with Gasteiger partial charge in [0.2, 0.25) is 5.95 Å². The summed E-state index contributed by atoms with van der Waals surface area (Å²) in [6, 6.07) is 1.19. The first kappa shape index (κ1) is 10.6. The summed E-state index contributed by atoms with van der Waals surface area (Å²) in [5.74, 6) is 0.469. The molecule has 1 fully saturated rings. The minimum atomic E-state index is 0.434. The van der Waals surface area contributed by atoms with Crippen molar-refractivity contribution >= 4 is 18.2 Å². The molecular formula is C9H17N5S. The van der Waals surface area contributed by atoms with Gasteiger partial charge in [-0.3, -0.25) is 9.47 Å². The Morgan fingerprint density at radius 3 is 2.87 bits per heavy atom. The van der Waals surface area contributed by atoms with Crippen molar-refractivity contribution in [1.29, 1.82) is 0 Å². The van der Waals surface area contributed by atoms with Crippen molar-refractivity contribution in [1.82, 2.24) is 19.7 Å². The molecule has 1 aliphatic rings. The Hall–Kier alpha value is -0.880. The van der Waals surface area contributed by atoms with Crippen LogP contribution in [0.1, 0.15) is 19.8 Å². The molecule has 1 aromatic rings. The normalized spacial score (nSPS) is 18.3. The molecule has 2 rings (SSSR count). The quantitative estimate of drug-likeness (QED) is 0.753. The Morgan fingerprint density at radius 1 is 1.73 bits per heavy atom. The molecule has 84 valence electrons. The molecular weight excluding hydrogens is 210 g/mol. The van der Waals surface area contributed by atoms with Gasteiger partial charge in [-0.15, -0.1) is 5.10 Å². The van der Waals surface area contributed by atoms with Gasteiger partial charge < -0.3 is 5.73 Å². The smallest absolute Gasteiger partial charge is 0.220 e. The largest absolute Gasteiger partial charge is 0.368 e. The maximum Gasteiger partial charge on any atom is 0.220 e. The molecule has 0 saturated heterocycles. The van der Waals surface area contributed by atoms with E-state index in [-0.39, 0.29) is 0 Å². The highest BCUT2D eigenvalue weighted by atomic mass is 32.1. The van der Waals surface area contributed by atoms with Gasteiger partial charge in [0.25, 0.3) is 0 Å². The molecule has 0 aliphatic heterocycles. The number of anilines is 1. The van der Waals surface area contributed by atoms with E-state index in [4.69, 9.17) is 18.0 Å². The molecule has 0 amide bonds. The molecule has 1 saturated carbocycles. The lowest BCUT2D eigenvalue weighted by Crippen LogP contribution is -2.34. The molecule has 3 N–H and O–H groups in total. The molecule has 0 spiro atoms. The van der Waals surface area contributed by atoms with Crippen LogP contribution in [0.15, 0.2) is 0 Å². The summed E-state index contributed by atoms with van der Waals surface area (Å²) >= 11 is 5.11.